The predicted molar refractivity (Wildman–Crippen MR) is 63.8 cm³/mol. The third-order valence-electron chi connectivity index (χ3n) is 2.75. The van der Waals surface area contributed by atoms with Crippen molar-refractivity contribution in [3.63, 3.8) is 0 Å². The zero-order valence-corrected chi connectivity index (χ0v) is 10.7. The Bertz CT molecular complexity index is 337. The standard InChI is InChI=1S/C11H18N2O6/c1-12(5-8-3-2-4-19-8)11(18)13(6-9(14)15)7-10(16)17/h8H,2-7H2,1H3,(H,14,15)(H,16,17). The lowest BCUT2D eigenvalue weighted by atomic mass is 10.2. The summed E-state index contributed by atoms with van der Waals surface area (Å²) in [5.41, 5.74) is 0. The van der Waals surface area contributed by atoms with Crippen LogP contribution in [0.5, 0.6) is 0 Å². The monoisotopic (exact) mass is 274 g/mol. The van der Waals surface area contributed by atoms with E-state index in [1.807, 2.05) is 0 Å². The molecule has 0 aliphatic carbocycles. The van der Waals surface area contributed by atoms with Crippen molar-refractivity contribution in [3.05, 3.63) is 0 Å². The van der Waals surface area contributed by atoms with Crippen molar-refractivity contribution in [1.29, 1.82) is 0 Å². The first-order valence-corrected chi connectivity index (χ1v) is 5.95. The van der Waals surface area contributed by atoms with Gasteiger partial charge in [-0.15, -0.1) is 0 Å². The van der Waals surface area contributed by atoms with Crippen molar-refractivity contribution in [3.8, 4) is 0 Å². The summed E-state index contributed by atoms with van der Waals surface area (Å²) in [7, 11) is 1.50. The van der Waals surface area contributed by atoms with Crippen LogP contribution in [0.25, 0.3) is 0 Å². The molecule has 1 atom stereocenters. The number of rotatable bonds is 6. The Labute approximate surface area is 110 Å². The maximum absolute atomic E-state index is 12.0. The number of hydrogen-bond acceptors (Lipinski definition) is 4. The Morgan fingerprint density at radius 3 is 2.21 bits per heavy atom. The van der Waals surface area contributed by atoms with Gasteiger partial charge in [0.05, 0.1) is 6.10 Å². The first-order valence-electron chi connectivity index (χ1n) is 5.95. The fourth-order valence-electron chi connectivity index (χ4n) is 1.93. The number of carbonyl (C=O) groups is 3. The summed E-state index contributed by atoms with van der Waals surface area (Å²) >= 11 is 0. The normalized spacial score (nSPS) is 18.1. The number of hydrogen-bond donors (Lipinski definition) is 2. The van der Waals surface area contributed by atoms with E-state index in [2.05, 4.69) is 0 Å². The van der Waals surface area contributed by atoms with Gasteiger partial charge in [0.15, 0.2) is 0 Å². The molecule has 108 valence electrons. The number of carboxylic acids is 2. The molecule has 19 heavy (non-hydrogen) atoms. The first-order chi connectivity index (χ1) is 8.90. The maximum Gasteiger partial charge on any atom is 0.323 e. The van der Waals surface area contributed by atoms with Gasteiger partial charge in [0.1, 0.15) is 13.1 Å². The molecule has 0 aromatic heterocycles. The van der Waals surface area contributed by atoms with Crippen molar-refractivity contribution in [2.45, 2.75) is 18.9 Å². The van der Waals surface area contributed by atoms with E-state index in [4.69, 9.17) is 14.9 Å². The van der Waals surface area contributed by atoms with Gasteiger partial charge in [-0.3, -0.25) is 9.59 Å². The summed E-state index contributed by atoms with van der Waals surface area (Å²) in [5, 5.41) is 17.4. The highest BCUT2D eigenvalue weighted by Crippen LogP contribution is 2.13. The summed E-state index contributed by atoms with van der Waals surface area (Å²) in [6, 6.07) is -0.625. The van der Waals surface area contributed by atoms with Crippen LogP contribution in [0.2, 0.25) is 0 Å². The Kier molecular flexibility index (Phi) is 5.56. The van der Waals surface area contributed by atoms with Crippen molar-refractivity contribution < 1.29 is 29.3 Å². The van der Waals surface area contributed by atoms with Crippen LogP contribution in [0.15, 0.2) is 0 Å². The fourth-order valence-corrected chi connectivity index (χ4v) is 1.93. The highest BCUT2D eigenvalue weighted by Gasteiger charge is 2.26. The number of aliphatic carboxylic acids is 2. The maximum atomic E-state index is 12.0. The third-order valence-corrected chi connectivity index (χ3v) is 2.75. The number of carbonyl (C=O) groups excluding carboxylic acids is 1. The Hall–Kier alpha value is -1.83. The van der Waals surface area contributed by atoms with E-state index in [9.17, 15) is 14.4 Å². The first kappa shape index (κ1) is 15.2. The molecule has 8 nitrogen and oxygen atoms in total. The van der Waals surface area contributed by atoms with E-state index < -0.39 is 31.1 Å². The van der Waals surface area contributed by atoms with Gasteiger partial charge in [0.2, 0.25) is 0 Å². The molecular weight excluding hydrogens is 256 g/mol. The molecule has 1 fully saturated rings. The lowest BCUT2D eigenvalue weighted by Gasteiger charge is -2.27. The van der Waals surface area contributed by atoms with Gasteiger partial charge in [-0.1, -0.05) is 0 Å². The molecule has 0 aromatic rings. The van der Waals surface area contributed by atoms with Gasteiger partial charge in [-0.2, -0.15) is 0 Å². The van der Waals surface area contributed by atoms with E-state index in [0.29, 0.717) is 13.2 Å². The Balaban J connectivity index is 2.57. The topological polar surface area (TPSA) is 107 Å². The minimum Gasteiger partial charge on any atom is -0.480 e. The summed E-state index contributed by atoms with van der Waals surface area (Å²) in [6.45, 7) is -0.294. The minimum absolute atomic E-state index is 0.0644. The quantitative estimate of drug-likeness (QED) is 0.688. The fraction of sp³-hybridized carbons (Fsp3) is 0.727. The number of urea groups is 1. The van der Waals surface area contributed by atoms with Gasteiger partial charge in [-0.05, 0) is 12.8 Å². The van der Waals surface area contributed by atoms with E-state index >= 15 is 0 Å². The second-order valence-electron chi connectivity index (χ2n) is 4.44. The molecule has 0 aromatic carbocycles. The van der Waals surface area contributed by atoms with Gasteiger partial charge in [0.25, 0.3) is 0 Å². The number of ether oxygens (including phenoxy) is 1. The minimum atomic E-state index is -1.25. The van der Waals surface area contributed by atoms with Gasteiger partial charge >= 0.3 is 18.0 Å². The van der Waals surface area contributed by atoms with Crippen molar-refractivity contribution >= 4 is 18.0 Å². The SMILES string of the molecule is CN(CC1CCCO1)C(=O)N(CC(=O)O)CC(=O)O. The molecule has 2 amide bonds. The zero-order chi connectivity index (χ0) is 14.4. The van der Waals surface area contributed by atoms with E-state index in [-0.39, 0.29) is 6.10 Å². The lowest BCUT2D eigenvalue weighted by molar-refractivity contribution is -0.140. The number of likely N-dealkylation sites (N-methyl/N-ethyl adjacent to an activating group) is 1. The molecule has 1 aliphatic heterocycles. The smallest absolute Gasteiger partial charge is 0.323 e. The molecule has 1 aliphatic rings. The highest BCUT2D eigenvalue weighted by atomic mass is 16.5. The molecular formula is C11H18N2O6. The average Bonchev–Trinajstić information content (AvgIpc) is 2.78. The zero-order valence-electron chi connectivity index (χ0n) is 10.7. The summed E-state index contributed by atoms with van der Waals surface area (Å²) in [6.07, 6.45) is 1.71. The van der Waals surface area contributed by atoms with Crippen LogP contribution in [0.4, 0.5) is 4.79 Å². The van der Waals surface area contributed by atoms with Crippen LogP contribution in [0.3, 0.4) is 0 Å². The van der Waals surface area contributed by atoms with Crippen LogP contribution >= 0.6 is 0 Å². The number of carboxylic acid groups (broad SMARTS) is 2. The van der Waals surface area contributed by atoms with E-state index in [1.165, 1.54) is 11.9 Å². The van der Waals surface area contributed by atoms with E-state index in [1.54, 1.807) is 0 Å². The summed E-state index contributed by atoms with van der Waals surface area (Å²) < 4.78 is 5.37. The second-order valence-corrected chi connectivity index (χ2v) is 4.44. The second kappa shape index (κ2) is 6.93. The van der Waals surface area contributed by atoms with Crippen LogP contribution < -0.4 is 0 Å². The van der Waals surface area contributed by atoms with Crippen molar-refractivity contribution in [1.82, 2.24) is 9.80 Å². The van der Waals surface area contributed by atoms with Crippen molar-refractivity contribution in [2.75, 3.05) is 33.3 Å². The molecule has 1 rings (SSSR count). The highest BCUT2D eigenvalue weighted by molar-refractivity contribution is 5.84. The van der Waals surface area contributed by atoms with Crippen LogP contribution in [-0.2, 0) is 14.3 Å². The van der Waals surface area contributed by atoms with Gasteiger partial charge < -0.3 is 24.7 Å². The Morgan fingerprint density at radius 2 is 1.79 bits per heavy atom. The van der Waals surface area contributed by atoms with Gasteiger partial charge in [0, 0.05) is 20.2 Å². The molecule has 0 radical (unpaired) electrons. The molecule has 0 spiro atoms. The number of amides is 2. The molecule has 0 bridgehead atoms. The van der Waals surface area contributed by atoms with E-state index in [0.717, 1.165) is 17.7 Å². The Morgan fingerprint density at radius 1 is 1.21 bits per heavy atom. The molecule has 2 N–H and O–H groups in total. The average molecular weight is 274 g/mol. The summed E-state index contributed by atoms with van der Waals surface area (Å²) in [4.78, 5) is 35.3. The molecule has 1 unspecified atom stereocenters. The molecule has 1 saturated heterocycles. The van der Waals surface area contributed by atoms with Crippen LogP contribution in [0.1, 0.15) is 12.8 Å². The lowest BCUT2D eigenvalue weighted by Crippen LogP contribution is -2.47. The van der Waals surface area contributed by atoms with Gasteiger partial charge in [-0.25, -0.2) is 4.79 Å². The summed E-state index contributed by atoms with van der Waals surface area (Å²) in [5.74, 6) is -2.50. The van der Waals surface area contributed by atoms with Crippen LogP contribution in [-0.4, -0.2) is 77.4 Å². The molecule has 1 heterocycles. The molecule has 8 heteroatoms. The number of nitrogens with zero attached hydrogens (tertiary/aromatic N) is 2. The largest absolute Gasteiger partial charge is 0.480 e. The van der Waals surface area contributed by atoms with Crippen LogP contribution in [0, 0.1) is 0 Å². The third kappa shape index (κ3) is 5.12. The van der Waals surface area contributed by atoms with Crippen molar-refractivity contribution in [2.24, 2.45) is 0 Å². The molecule has 0 saturated carbocycles. The predicted octanol–water partition coefficient (Wildman–Crippen LogP) is -0.312.